The number of halogens is 5. The summed E-state index contributed by atoms with van der Waals surface area (Å²) in [5.74, 6) is -5.28. The molecule has 3 aromatic rings. The van der Waals surface area contributed by atoms with Gasteiger partial charge in [-0.3, -0.25) is 9.59 Å². The first-order chi connectivity index (χ1) is 25.0. The first-order valence-corrected chi connectivity index (χ1v) is 16.7. The number of carbonyl (C=O) groups is 4. The second-order valence-corrected chi connectivity index (χ2v) is 14.1. The standard InChI is InChI=1S/C34H46F2N6O5.C2HF3O2/c1-33(2,3)30(41(28(44)21-43)17-14-26(31(45)38-16-15-37)39-32(46)47-34(4,5)6)29-23(18-22-10-8-7-9-11-22)20-42(40-29)27-19-24(35)12-13-25(27)36;3-2(4,5)1(6)7/h7-13,19-20,26,30,43H,14-18,21,37H2,1-6H3,(H,38,45)(H,39,46);(H,6,7)/t26-,30-;/m0./s1. The molecule has 0 fully saturated rings. The molecule has 0 radical (unpaired) electrons. The van der Waals surface area contributed by atoms with Gasteiger partial charge in [-0.15, -0.1) is 0 Å². The molecule has 0 aliphatic rings. The number of nitrogens with zero attached hydrogens (tertiary/aromatic N) is 3. The number of aliphatic carboxylic acids is 1. The number of nitrogens with one attached hydrogen (secondary N) is 2. The summed E-state index contributed by atoms with van der Waals surface area (Å²) in [5, 5.41) is 27.2. The maximum atomic E-state index is 15.0. The fourth-order valence-corrected chi connectivity index (χ4v) is 5.21. The molecule has 6 N–H and O–H groups in total. The van der Waals surface area contributed by atoms with Crippen molar-refractivity contribution >= 4 is 23.9 Å². The lowest BCUT2D eigenvalue weighted by Gasteiger charge is -2.40. The lowest BCUT2D eigenvalue weighted by atomic mass is 9.81. The van der Waals surface area contributed by atoms with Gasteiger partial charge in [0.1, 0.15) is 35.6 Å². The van der Waals surface area contributed by atoms with Gasteiger partial charge in [-0.1, -0.05) is 51.1 Å². The van der Waals surface area contributed by atoms with Gasteiger partial charge in [0.25, 0.3) is 0 Å². The van der Waals surface area contributed by atoms with Gasteiger partial charge in [0.05, 0.1) is 11.7 Å². The van der Waals surface area contributed by atoms with E-state index in [1.54, 1.807) is 27.0 Å². The van der Waals surface area contributed by atoms with Crippen LogP contribution in [0.25, 0.3) is 5.69 Å². The average Bonchev–Trinajstić information content (AvgIpc) is 3.46. The smallest absolute Gasteiger partial charge is 0.475 e. The summed E-state index contributed by atoms with van der Waals surface area (Å²) in [6.07, 6.45) is -4.00. The number of aromatic nitrogens is 2. The SMILES string of the molecule is CC(C)(C)OC(=O)N[C@@H](CCN(C(=O)CO)[C@@H](c1nn(-c2cc(F)ccc2F)cc1Cc1ccccc1)C(C)(C)C)C(=O)NCCN.O=C(O)C(F)(F)F. The fraction of sp³-hybridized carbons (Fsp3) is 0.472. The Morgan fingerprint density at radius 3 is 2.13 bits per heavy atom. The van der Waals surface area contributed by atoms with Gasteiger partial charge in [0, 0.05) is 43.9 Å². The lowest BCUT2D eigenvalue weighted by molar-refractivity contribution is -0.192. The van der Waals surface area contributed by atoms with Crippen molar-refractivity contribution in [2.75, 3.05) is 26.2 Å². The number of ether oxygens (including phenoxy) is 1. The number of carboxylic acid groups (broad SMARTS) is 1. The third kappa shape index (κ3) is 14.0. The minimum Gasteiger partial charge on any atom is -0.475 e. The molecule has 0 aliphatic heterocycles. The summed E-state index contributed by atoms with van der Waals surface area (Å²) in [6.45, 7) is 10.1. The molecular formula is C36H47F5N6O7. The average molecular weight is 771 g/mol. The summed E-state index contributed by atoms with van der Waals surface area (Å²) in [7, 11) is 0. The van der Waals surface area contributed by atoms with Crippen LogP contribution < -0.4 is 16.4 Å². The van der Waals surface area contributed by atoms with E-state index in [0.29, 0.717) is 17.7 Å². The van der Waals surface area contributed by atoms with E-state index in [2.05, 4.69) is 10.6 Å². The number of nitrogens with two attached hydrogens (primary N) is 1. The Bertz CT molecular complexity index is 1720. The highest BCUT2D eigenvalue weighted by Gasteiger charge is 2.40. The minimum absolute atomic E-state index is 0.0543. The van der Waals surface area contributed by atoms with Crippen LogP contribution in [0, 0.1) is 17.0 Å². The van der Waals surface area contributed by atoms with E-state index in [1.807, 2.05) is 51.1 Å². The summed E-state index contributed by atoms with van der Waals surface area (Å²) < 4.78 is 67.6. The molecule has 18 heteroatoms. The number of alkyl carbamates (subject to hydrolysis) is 1. The van der Waals surface area contributed by atoms with Gasteiger partial charge in [-0.05, 0) is 50.3 Å². The zero-order valence-electron chi connectivity index (χ0n) is 30.8. The topological polar surface area (TPSA) is 189 Å². The van der Waals surface area contributed by atoms with Crippen molar-refractivity contribution in [1.29, 1.82) is 0 Å². The van der Waals surface area contributed by atoms with E-state index in [9.17, 15) is 41.4 Å². The summed E-state index contributed by atoms with van der Waals surface area (Å²) in [4.78, 5) is 49.6. The summed E-state index contributed by atoms with van der Waals surface area (Å²) >= 11 is 0. The Labute approximate surface area is 309 Å². The first kappa shape index (κ1) is 45.1. The molecule has 0 spiro atoms. The molecule has 2 atom stereocenters. The van der Waals surface area contributed by atoms with Crippen LogP contribution in [0.4, 0.5) is 26.7 Å². The van der Waals surface area contributed by atoms with Gasteiger partial charge in [-0.25, -0.2) is 23.1 Å². The number of benzene rings is 2. The van der Waals surface area contributed by atoms with E-state index >= 15 is 0 Å². The summed E-state index contributed by atoms with van der Waals surface area (Å²) in [5.41, 5.74) is 5.86. The molecule has 3 amide bonds. The Hall–Kier alpha value is -5.10. The molecule has 0 saturated carbocycles. The monoisotopic (exact) mass is 770 g/mol. The molecule has 0 unspecified atom stereocenters. The summed E-state index contributed by atoms with van der Waals surface area (Å²) in [6, 6.07) is 10.6. The lowest BCUT2D eigenvalue weighted by Crippen LogP contribution is -2.51. The van der Waals surface area contributed by atoms with Crippen molar-refractivity contribution in [2.45, 2.75) is 78.2 Å². The molecule has 298 valence electrons. The second kappa shape index (κ2) is 19.3. The molecule has 13 nitrogen and oxygen atoms in total. The van der Waals surface area contributed by atoms with Gasteiger partial charge < -0.3 is 36.2 Å². The molecule has 0 saturated heterocycles. The highest BCUT2D eigenvalue weighted by atomic mass is 19.4. The van der Waals surface area contributed by atoms with Crippen LogP contribution in [-0.4, -0.2) is 92.8 Å². The molecule has 0 aliphatic carbocycles. The Morgan fingerprint density at radius 1 is 1.00 bits per heavy atom. The van der Waals surface area contributed by atoms with Crippen LogP contribution in [0.15, 0.2) is 54.7 Å². The van der Waals surface area contributed by atoms with Gasteiger partial charge >= 0.3 is 18.2 Å². The predicted molar refractivity (Wildman–Crippen MR) is 187 cm³/mol. The highest BCUT2D eigenvalue weighted by Crippen LogP contribution is 2.40. The van der Waals surface area contributed by atoms with Gasteiger partial charge in [-0.2, -0.15) is 18.3 Å². The third-order valence-electron chi connectivity index (χ3n) is 7.41. The van der Waals surface area contributed by atoms with Gasteiger partial charge in [0.2, 0.25) is 11.8 Å². The number of rotatable bonds is 13. The van der Waals surface area contributed by atoms with Gasteiger partial charge in [0.15, 0.2) is 0 Å². The number of carbonyl (C=O) groups excluding carboxylic acids is 3. The van der Waals surface area contributed by atoms with Crippen LogP contribution in [-0.2, 0) is 25.5 Å². The highest BCUT2D eigenvalue weighted by molar-refractivity contribution is 5.86. The molecule has 0 bridgehead atoms. The zero-order chi connectivity index (χ0) is 41.0. The molecule has 1 aromatic heterocycles. The van der Waals surface area contributed by atoms with E-state index in [4.69, 9.17) is 25.5 Å². The minimum atomic E-state index is -5.08. The number of carboxylic acids is 1. The van der Waals surface area contributed by atoms with Crippen molar-refractivity contribution in [3.63, 3.8) is 0 Å². The first-order valence-electron chi connectivity index (χ1n) is 16.7. The maximum absolute atomic E-state index is 15.0. The number of hydrogen-bond acceptors (Lipinski definition) is 8. The van der Waals surface area contributed by atoms with Crippen molar-refractivity contribution in [3.05, 3.63) is 83.2 Å². The molecule has 2 aromatic carbocycles. The molecule has 3 rings (SSSR count). The Balaban J connectivity index is 0.00000131. The predicted octanol–water partition coefficient (Wildman–Crippen LogP) is 4.64. The van der Waals surface area contributed by atoms with E-state index in [-0.39, 0.29) is 31.7 Å². The normalized spacial score (nSPS) is 12.8. The third-order valence-corrected chi connectivity index (χ3v) is 7.41. The number of aliphatic hydroxyl groups excluding tert-OH is 1. The van der Waals surface area contributed by atoms with Crippen LogP contribution >= 0.6 is 0 Å². The largest absolute Gasteiger partial charge is 0.490 e. The number of amides is 3. The van der Waals surface area contributed by atoms with Crippen molar-refractivity contribution in [3.8, 4) is 5.69 Å². The molecule has 1 heterocycles. The van der Waals surface area contributed by atoms with E-state index in [0.717, 1.165) is 23.8 Å². The Kier molecular flexibility index (Phi) is 16.1. The number of aliphatic hydroxyl groups is 1. The molecule has 54 heavy (non-hydrogen) atoms. The van der Waals surface area contributed by atoms with Crippen molar-refractivity contribution in [1.82, 2.24) is 25.3 Å². The number of alkyl halides is 3. The van der Waals surface area contributed by atoms with E-state index in [1.165, 1.54) is 9.58 Å². The Morgan fingerprint density at radius 2 is 1.61 bits per heavy atom. The van der Waals surface area contributed by atoms with Crippen LogP contribution in [0.2, 0.25) is 0 Å². The molecular weight excluding hydrogens is 723 g/mol. The van der Waals surface area contributed by atoms with Crippen LogP contribution in [0.5, 0.6) is 0 Å². The maximum Gasteiger partial charge on any atom is 0.490 e. The zero-order valence-corrected chi connectivity index (χ0v) is 30.8. The number of hydrogen-bond donors (Lipinski definition) is 5. The van der Waals surface area contributed by atoms with Crippen molar-refractivity contribution < 1.29 is 56.1 Å². The van der Waals surface area contributed by atoms with Crippen molar-refractivity contribution in [2.24, 2.45) is 11.1 Å². The van der Waals surface area contributed by atoms with Crippen LogP contribution in [0.3, 0.4) is 0 Å². The fourth-order valence-electron chi connectivity index (χ4n) is 5.21. The second-order valence-electron chi connectivity index (χ2n) is 14.1. The quantitative estimate of drug-likeness (QED) is 0.154. The van der Waals surface area contributed by atoms with E-state index < -0.39 is 71.4 Å². The van der Waals surface area contributed by atoms with Crippen LogP contribution in [0.1, 0.15) is 70.8 Å².